The molecule has 0 atom stereocenters. The second-order valence-corrected chi connectivity index (χ2v) is 7.89. The normalized spacial score (nSPS) is 14.1. The second kappa shape index (κ2) is 7.20. The summed E-state index contributed by atoms with van der Waals surface area (Å²) in [5.41, 5.74) is 2.08. The highest BCUT2D eigenvalue weighted by Crippen LogP contribution is 2.46. The van der Waals surface area contributed by atoms with Gasteiger partial charge >= 0.3 is 0 Å². The van der Waals surface area contributed by atoms with Crippen LogP contribution in [0.1, 0.15) is 12.8 Å². The van der Waals surface area contributed by atoms with Crippen molar-refractivity contribution in [3.63, 3.8) is 0 Å². The smallest absolute Gasteiger partial charge is 0.127 e. The second-order valence-electron chi connectivity index (χ2n) is 7.01. The van der Waals surface area contributed by atoms with E-state index in [1.165, 1.54) is 0 Å². The number of hydrogen-bond acceptors (Lipinski definition) is 2. The molecule has 0 amide bonds. The van der Waals surface area contributed by atoms with Crippen LogP contribution >= 0.6 is 23.2 Å². The summed E-state index contributed by atoms with van der Waals surface area (Å²) in [6.07, 6.45) is 1.91. The summed E-state index contributed by atoms with van der Waals surface area (Å²) in [7, 11) is 0. The molecule has 0 fully saturated rings. The van der Waals surface area contributed by atoms with Crippen LogP contribution in [0.15, 0.2) is 60.7 Å². The molecule has 1 heterocycles. The van der Waals surface area contributed by atoms with E-state index in [1.54, 1.807) is 0 Å². The first kappa shape index (κ1) is 17.7. The molecular formula is C24H18Cl2O2. The zero-order chi connectivity index (χ0) is 19.1. The molecular weight excluding hydrogens is 391 g/mol. The molecule has 0 bridgehead atoms. The summed E-state index contributed by atoms with van der Waals surface area (Å²) in [4.78, 5) is 0. The van der Waals surface area contributed by atoms with E-state index in [1.807, 2.05) is 36.4 Å². The Morgan fingerprint density at radius 3 is 1.50 bits per heavy atom. The number of benzene rings is 4. The van der Waals surface area contributed by atoms with Crippen LogP contribution in [0.2, 0.25) is 10.0 Å². The molecule has 5 rings (SSSR count). The van der Waals surface area contributed by atoms with E-state index in [0.29, 0.717) is 13.2 Å². The minimum Gasteiger partial charge on any atom is -0.493 e. The van der Waals surface area contributed by atoms with Crippen LogP contribution in [-0.2, 0) is 0 Å². The van der Waals surface area contributed by atoms with Crippen LogP contribution in [-0.4, -0.2) is 13.2 Å². The average molecular weight is 409 g/mol. The molecule has 0 radical (unpaired) electrons. The van der Waals surface area contributed by atoms with E-state index in [2.05, 4.69) is 24.3 Å². The van der Waals surface area contributed by atoms with E-state index in [4.69, 9.17) is 32.7 Å². The van der Waals surface area contributed by atoms with E-state index >= 15 is 0 Å². The van der Waals surface area contributed by atoms with Crippen LogP contribution in [0.3, 0.4) is 0 Å². The van der Waals surface area contributed by atoms with Crippen molar-refractivity contribution in [2.24, 2.45) is 0 Å². The molecule has 28 heavy (non-hydrogen) atoms. The summed E-state index contributed by atoms with van der Waals surface area (Å²) in [6.45, 7) is 1.34. The lowest BCUT2D eigenvalue weighted by Crippen LogP contribution is -2.07. The fourth-order valence-corrected chi connectivity index (χ4v) is 4.25. The monoisotopic (exact) mass is 408 g/mol. The highest BCUT2D eigenvalue weighted by Gasteiger charge is 2.20. The van der Waals surface area contributed by atoms with Gasteiger partial charge in [0.2, 0.25) is 0 Å². The highest BCUT2D eigenvalue weighted by molar-refractivity contribution is 6.32. The fourth-order valence-electron chi connectivity index (χ4n) is 3.89. The van der Waals surface area contributed by atoms with Gasteiger partial charge in [-0.05, 0) is 70.8 Å². The van der Waals surface area contributed by atoms with Crippen LogP contribution in [0, 0.1) is 0 Å². The van der Waals surface area contributed by atoms with Crippen molar-refractivity contribution in [3.8, 4) is 22.6 Å². The molecule has 0 aromatic heterocycles. The van der Waals surface area contributed by atoms with E-state index in [9.17, 15) is 0 Å². The van der Waals surface area contributed by atoms with Gasteiger partial charge in [0.25, 0.3) is 0 Å². The van der Waals surface area contributed by atoms with Crippen molar-refractivity contribution in [2.75, 3.05) is 13.2 Å². The van der Waals surface area contributed by atoms with E-state index in [-0.39, 0.29) is 0 Å². The summed E-state index contributed by atoms with van der Waals surface area (Å²) in [6, 6.07) is 20.1. The summed E-state index contributed by atoms with van der Waals surface area (Å²) in [5, 5.41) is 5.76. The third-order valence-electron chi connectivity index (χ3n) is 5.19. The van der Waals surface area contributed by atoms with Crippen molar-refractivity contribution < 1.29 is 9.47 Å². The Labute approximate surface area is 173 Å². The van der Waals surface area contributed by atoms with Gasteiger partial charge in [-0.25, -0.2) is 0 Å². The van der Waals surface area contributed by atoms with Crippen molar-refractivity contribution in [1.82, 2.24) is 0 Å². The topological polar surface area (TPSA) is 18.5 Å². The maximum Gasteiger partial charge on any atom is 0.127 e. The molecule has 2 nitrogen and oxygen atoms in total. The molecule has 0 saturated carbocycles. The molecule has 0 aliphatic carbocycles. The number of rotatable bonds is 0. The molecule has 0 N–H and O–H groups in total. The third-order valence-corrected chi connectivity index (χ3v) is 5.66. The zero-order valence-electron chi connectivity index (χ0n) is 15.2. The Hall–Kier alpha value is -2.42. The largest absolute Gasteiger partial charge is 0.493 e. The number of ether oxygens (including phenoxy) is 2. The Kier molecular flexibility index (Phi) is 4.54. The lowest BCUT2D eigenvalue weighted by molar-refractivity contribution is 0.264. The van der Waals surface area contributed by atoms with Crippen molar-refractivity contribution in [3.05, 3.63) is 70.7 Å². The molecule has 4 aromatic carbocycles. The van der Waals surface area contributed by atoms with Crippen molar-refractivity contribution >= 4 is 44.7 Å². The fraction of sp³-hybridized carbons (Fsp3) is 0.167. The molecule has 4 aromatic rings. The van der Waals surface area contributed by atoms with Crippen LogP contribution < -0.4 is 9.47 Å². The number of halogens is 2. The first-order valence-corrected chi connectivity index (χ1v) is 10.2. The molecule has 4 heteroatoms. The molecule has 1 aliphatic heterocycles. The number of hydrogen-bond donors (Lipinski definition) is 0. The number of fused-ring (bicyclic) bond motifs is 7. The van der Waals surface area contributed by atoms with Crippen LogP contribution in [0.4, 0.5) is 0 Å². The van der Waals surface area contributed by atoms with E-state index < -0.39 is 0 Å². The van der Waals surface area contributed by atoms with Gasteiger partial charge in [0.05, 0.1) is 13.2 Å². The van der Waals surface area contributed by atoms with Crippen LogP contribution in [0.25, 0.3) is 32.7 Å². The van der Waals surface area contributed by atoms with Gasteiger partial charge in [0, 0.05) is 21.2 Å². The zero-order valence-corrected chi connectivity index (χ0v) is 16.7. The maximum atomic E-state index is 6.25. The van der Waals surface area contributed by atoms with Gasteiger partial charge < -0.3 is 9.47 Å². The summed E-state index contributed by atoms with van der Waals surface area (Å²) >= 11 is 12.5. The first-order valence-electron chi connectivity index (χ1n) is 9.41. The van der Waals surface area contributed by atoms with Crippen molar-refractivity contribution in [2.45, 2.75) is 12.8 Å². The minimum absolute atomic E-state index is 0.668. The van der Waals surface area contributed by atoms with Gasteiger partial charge in [0.15, 0.2) is 0 Å². The predicted octanol–water partition coefficient (Wildman–Crippen LogP) is 7.52. The Morgan fingerprint density at radius 1 is 0.571 bits per heavy atom. The molecule has 0 unspecified atom stereocenters. The quantitative estimate of drug-likeness (QED) is 0.299. The van der Waals surface area contributed by atoms with Gasteiger partial charge in [-0.2, -0.15) is 0 Å². The Morgan fingerprint density at radius 2 is 1.04 bits per heavy atom. The third kappa shape index (κ3) is 3.07. The molecule has 0 saturated heterocycles. The van der Waals surface area contributed by atoms with E-state index in [0.717, 1.165) is 67.1 Å². The Balaban J connectivity index is 1.92. The standard InChI is InChI=1S/C24H18Cl2O2/c25-17-5-7-19-15(13-17)3-9-21-23(19)24-20-8-6-18(26)14-16(20)4-10-22(24)28-12-2-1-11-27-21/h3-10,13-14H,1-2,11-12H2. The highest BCUT2D eigenvalue weighted by atomic mass is 35.5. The summed E-state index contributed by atoms with van der Waals surface area (Å²) in [5.74, 6) is 1.73. The molecule has 0 spiro atoms. The summed E-state index contributed by atoms with van der Waals surface area (Å²) < 4.78 is 12.4. The van der Waals surface area contributed by atoms with Gasteiger partial charge in [0.1, 0.15) is 11.5 Å². The van der Waals surface area contributed by atoms with Gasteiger partial charge in [-0.3, -0.25) is 0 Å². The lowest BCUT2D eigenvalue weighted by Gasteiger charge is -2.21. The SMILES string of the molecule is Clc1ccc2c3c(ccc2c1)OCCCCOc1ccc2cc(Cl)ccc2c1-3. The van der Waals surface area contributed by atoms with Crippen molar-refractivity contribution in [1.29, 1.82) is 0 Å². The van der Waals surface area contributed by atoms with Gasteiger partial charge in [-0.15, -0.1) is 0 Å². The van der Waals surface area contributed by atoms with Crippen LogP contribution in [0.5, 0.6) is 11.5 Å². The first-order chi connectivity index (χ1) is 13.7. The maximum absolute atomic E-state index is 6.25. The average Bonchev–Trinajstić information content (AvgIpc) is 2.70. The molecule has 1 aliphatic rings. The molecule has 140 valence electrons. The predicted molar refractivity (Wildman–Crippen MR) is 117 cm³/mol. The van der Waals surface area contributed by atoms with Gasteiger partial charge in [-0.1, -0.05) is 47.5 Å². The lowest BCUT2D eigenvalue weighted by atomic mass is 9.92. The minimum atomic E-state index is 0.668. The Bertz CT molecular complexity index is 1110.